The molecular formula is C17H19FN4O2. The smallest absolute Gasteiger partial charge is 0.414 e. The molecule has 0 unspecified atom stereocenters. The molecule has 1 aromatic carbocycles. The number of nitrogens with zero attached hydrogens (tertiary/aromatic N) is 3. The molecule has 2 aliphatic heterocycles. The van der Waals surface area contributed by atoms with Crippen molar-refractivity contribution in [3.63, 3.8) is 0 Å². The van der Waals surface area contributed by atoms with Crippen molar-refractivity contribution in [3.8, 4) is 6.07 Å². The van der Waals surface area contributed by atoms with Crippen molar-refractivity contribution in [2.75, 3.05) is 36.0 Å². The van der Waals surface area contributed by atoms with Crippen LogP contribution >= 0.6 is 0 Å². The van der Waals surface area contributed by atoms with Crippen LogP contribution in [0.4, 0.5) is 20.6 Å². The Morgan fingerprint density at radius 2 is 2.17 bits per heavy atom. The Morgan fingerprint density at radius 3 is 2.75 bits per heavy atom. The van der Waals surface area contributed by atoms with Crippen LogP contribution in [-0.2, 0) is 4.74 Å². The number of hydrogen-bond donors (Lipinski definition) is 1. The zero-order valence-electron chi connectivity index (χ0n) is 13.2. The van der Waals surface area contributed by atoms with Gasteiger partial charge in [-0.05, 0) is 31.0 Å². The topological polar surface area (TPSA) is 82.6 Å². The molecule has 3 rings (SSSR count). The lowest BCUT2D eigenvalue weighted by molar-refractivity contribution is 0.145. The van der Waals surface area contributed by atoms with E-state index in [0.717, 1.165) is 18.4 Å². The normalized spacial score (nSPS) is 20.8. The standard InChI is InChI=1S/C17H19FN4O2/c18-15-9-13(22-11-14(10-20)24-17(22)23)1-2-16(15)21-7-4-12(3-6-19)5-8-21/h1-3,9,14H,4-5,7-8,10-11,20H2/t14-/m0/s1. The zero-order chi connectivity index (χ0) is 17.1. The van der Waals surface area contributed by atoms with E-state index in [0.29, 0.717) is 31.0 Å². The summed E-state index contributed by atoms with van der Waals surface area (Å²) in [7, 11) is 0. The summed E-state index contributed by atoms with van der Waals surface area (Å²) < 4.78 is 19.6. The van der Waals surface area contributed by atoms with Gasteiger partial charge >= 0.3 is 6.09 Å². The summed E-state index contributed by atoms with van der Waals surface area (Å²) in [5, 5.41) is 8.69. The minimum Gasteiger partial charge on any atom is -0.443 e. The molecule has 2 aliphatic rings. The van der Waals surface area contributed by atoms with Crippen LogP contribution in [0.1, 0.15) is 12.8 Å². The number of nitriles is 1. The van der Waals surface area contributed by atoms with Gasteiger partial charge in [0.25, 0.3) is 0 Å². The molecule has 0 bridgehead atoms. The van der Waals surface area contributed by atoms with E-state index in [1.54, 1.807) is 18.2 Å². The van der Waals surface area contributed by atoms with Gasteiger partial charge < -0.3 is 15.4 Å². The number of piperidine rings is 1. The second kappa shape index (κ2) is 6.89. The Labute approximate surface area is 139 Å². The average Bonchev–Trinajstić information content (AvgIpc) is 2.97. The molecule has 7 heteroatoms. The highest BCUT2D eigenvalue weighted by Gasteiger charge is 2.32. The number of rotatable bonds is 3. The van der Waals surface area contributed by atoms with Crippen LogP contribution < -0.4 is 15.5 Å². The lowest BCUT2D eigenvalue weighted by atomic mass is 10.0. The fourth-order valence-corrected chi connectivity index (χ4v) is 3.05. The highest BCUT2D eigenvalue weighted by Crippen LogP contribution is 2.30. The molecule has 0 aromatic heterocycles. The van der Waals surface area contributed by atoms with Crippen LogP contribution in [0.15, 0.2) is 29.8 Å². The minimum atomic E-state index is -0.498. The number of anilines is 2. The van der Waals surface area contributed by atoms with E-state index >= 15 is 0 Å². The molecule has 24 heavy (non-hydrogen) atoms. The van der Waals surface area contributed by atoms with E-state index in [4.69, 9.17) is 15.7 Å². The molecule has 2 saturated heterocycles. The molecule has 2 heterocycles. The molecule has 0 spiro atoms. The van der Waals surface area contributed by atoms with Gasteiger partial charge in [0.2, 0.25) is 0 Å². The van der Waals surface area contributed by atoms with E-state index in [-0.39, 0.29) is 18.5 Å². The molecule has 2 N–H and O–H groups in total. The monoisotopic (exact) mass is 330 g/mol. The number of nitrogens with two attached hydrogens (primary N) is 1. The fraction of sp³-hybridized carbons (Fsp3) is 0.412. The Hall–Kier alpha value is -2.59. The second-order valence-electron chi connectivity index (χ2n) is 5.91. The predicted octanol–water partition coefficient (Wildman–Crippen LogP) is 2.16. The highest BCUT2D eigenvalue weighted by molar-refractivity contribution is 5.90. The number of cyclic esters (lactones) is 1. The predicted molar refractivity (Wildman–Crippen MR) is 88.2 cm³/mol. The first-order chi connectivity index (χ1) is 11.6. The molecule has 1 amide bonds. The van der Waals surface area contributed by atoms with E-state index in [1.807, 2.05) is 11.0 Å². The van der Waals surface area contributed by atoms with Crippen LogP contribution in [0, 0.1) is 17.1 Å². The molecule has 1 atom stereocenters. The van der Waals surface area contributed by atoms with Crippen LogP contribution in [0.5, 0.6) is 0 Å². The first kappa shape index (κ1) is 16.3. The first-order valence-electron chi connectivity index (χ1n) is 7.92. The summed E-state index contributed by atoms with van der Waals surface area (Å²) >= 11 is 0. The SMILES string of the molecule is N#CC=C1CCN(c2ccc(N3C[C@H](CN)OC3=O)cc2F)CC1. The van der Waals surface area contributed by atoms with Gasteiger partial charge in [-0.1, -0.05) is 5.57 Å². The van der Waals surface area contributed by atoms with Gasteiger partial charge in [-0.15, -0.1) is 0 Å². The highest BCUT2D eigenvalue weighted by atomic mass is 19.1. The summed E-state index contributed by atoms with van der Waals surface area (Å²) in [4.78, 5) is 15.2. The number of ether oxygens (including phenoxy) is 1. The van der Waals surface area contributed by atoms with Gasteiger partial charge in [-0.3, -0.25) is 4.90 Å². The van der Waals surface area contributed by atoms with Crippen molar-refractivity contribution < 1.29 is 13.9 Å². The molecule has 0 aliphatic carbocycles. The molecule has 6 nitrogen and oxygen atoms in total. The lowest BCUT2D eigenvalue weighted by Crippen LogP contribution is -2.31. The first-order valence-corrected chi connectivity index (χ1v) is 7.92. The number of benzene rings is 1. The third-order valence-electron chi connectivity index (χ3n) is 4.39. The van der Waals surface area contributed by atoms with Crippen molar-refractivity contribution in [1.29, 1.82) is 5.26 Å². The molecule has 0 radical (unpaired) electrons. The van der Waals surface area contributed by atoms with E-state index in [9.17, 15) is 9.18 Å². The lowest BCUT2D eigenvalue weighted by Gasteiger charge is -2.30. The van der Waals surface area contributed by atoms with Crippen LogP contribution in [-0.4, -0.2) is 38.4 Å². The van der Waals surface area contributed by atoms with Crippen LogP contribution in [0.2, 0.25) is 0 Å². The number of carbonyl (C=O) groups is 1. The Balaban J connectivity index is 1.73. The number of carbonyl (C=O) groups excluding carboxylic acids is 1. The van der Waals surface area contributed by atoms with Crippen molar-refractivity contribution in [1.82, 2.24) is 0 Å². The Kier molecular flexibility index (Phi) is 4.67. The number of hydrogen-bond acceptors (Lipinski definition) is 5. The minimum absolute atomic E-state index is 0.245. The largest absolute Gasteiger partial charge is 0.443 e. The van der Waals surface area contributed by atoms with Gasteiger partial charge in [0.15, 0.2) is 0 Å². The Bertz CT molecular complexity index is 703. The maximum Gasteiger partial charge on any atom is 0.414 e. The average molecular weight is 330 g/mol. The van der Waals surface area contributed by atoms with Gasteiger partial charge in [-0.25, -0.2) is 9.18 Å². The van der Waals surface area contributed by atoms with Crippen molar-refractivity contribution in [3.05, 3.63) is 35.7 Å². The van der Waals surface area contributed by atoms with Crippen molar-refractivity contribution in [2.24, 2.45) is 5.73 Å². The summed E-state index contributed by atoms with van der Waals surface area (Å²) in [6.45, 7) is 1.92. The van der Waals surface area contributed by atoms with Gasteiger partial charge in [0.1, 0.15) is 11.9 Å². The fourth-order valence-electron chi connectivity index (χ4n) is 3.05. The van der Waals surface area contributed by atoms with Crippen molar-refractivity contribution in [2.45, 2.75) is 18.9 Å². The van der Waals surface area contributed by atoms with Gasteiger partial charge in [0, 0.05) is 25.7 Å². The summed E-state index contributed by atoms with van der Waals surface area (Å²) in [6, 6.07) is 6.81. The number of amides is 1. The zero-order valence-corrected chi connectivity index (χ0v) is 13.2. The van der Waals surface area contributed by atoms with Crippen molar-refractivity contribution >= 4 is 17.5 Å². The van der Waals surface area contributed by atoms with Crippen LogP contribution in [0.25, 0.3) is 0 Å². The van der Waals surface area contributed by atoms with E-state index in [2.05, 4.69) is 0 Å². The quantitative estimate of drug-likeness (QED) is 0.859. The molecule has 0 saturated carbocycles. The summed E-state index contributed by atoms with van der Waals surface area (Å²) in [5.74, 6) is -0.371. The molecule has 2 fully saturated rings. The number of halogens is 1. The summed E-state index contributed by atoms with van der Waals surface area (Å²) in [6.07, 6.45) is 2.23. The molecule has 126 valence electrons. The van der Waals surface area contributed by atoms with Gasteiger partial charge in [0.05, 0.1) is 24.0 Å². The maximum atomic E-state index is 14.5. The van der Waals surface area contributed by atoms with E-state index < -0.39 is 6.09 Å². The third kappa shape index (κ3) is 3.19. The Morgan fingerprint density at radius 1 is 1.42 bits per heavy atom. The van der Waals surface area contributed by atoms with E-state index in [1.165, 1.54) is 11.0 Å². The number of allylic oxidation sites excluding steroid dienone is 1. The molecule has 1 aromatic rings. The summed E-state index contributed by atoms with van der Waals surface area (Å²) in [5.41, 5.74) is 7.59. The third-order valence-corrected chi connectivity index (χ3v) is 4.39. The maximum absolute atomic E-state index is 14.5. The molecular weight excluding hydrogens is 311 g/mol. The van der Waals surface area contributed by atoms with Gasteiger partial charge in [-0.2, -0.15) is 5.26 Å². The van der Waals surface area contributed by atoms with Crippen LogP contribution in [0.3, 0.4) is 0 Å². The second-order valence-corrected chi connectivity index (χ2v) is 5.91.